The van der Waals surface area contributed by atoms with Crippen LogP contribution in [-0.4, -0.2) is 24.1 Å². The Morgan fingerprint density at radius 1 is 1.38 bits per heavy atom. The van der Waals surface area contributed by atoms with E-state index in [9.17, 15) is 0 Å². The van der Waals surface area contributed by atoms with Gasteiger partial charge in [0.15, 0.2) is 5.58 Å². The molecule has 0 bridgehead atoms. The van der Waals surface area contributed by atoms with Crippen LogP contribution in [-0.2, 0) is 0 Å². The highest BCUT2D eigenvalue weighted by Gasteiger charge is 2.15. The fourth-order valence-electron chi connectivity index (χ4n) is 1.70. The van der Waals surface area contributed by atoms with E-state index in [1.807, 2.05) is 24.3 Å². The molecule has 0 fully saturated rings. The Hall–Kier alpha value is -1.55. The maximum absolute atomic E-state index is 5.70. The zero-order chi connectivity index (χ0) is 11.5. The van der Waals surface area contributed by atoms with Gasteiger partial charge in [0.1, 0.15) is 5.52 Å². The van der Waals surface area contributed by atoms with E-state index < -0.39 is 0 Å². The summed E-state index contributed by atoms with van der Waals surface area (Å²) in [5.41, 5.74) is 7.30. The van der Waals surface area contributed by atoms with Crippen molar-refractivity contribution in [2.45, 2.75) is 19.9 Å². The van der Waals surface area contributed by atoms with Crippen molar-refractivity contribution in [2.24, 2.45) is 5.73 Å². The fraction of sp³-hybridized carbons (Fsp3) is 0.417. The van der Waals surface area contributed by atoms with Crippen LogP contribution in [0.1, 0.15) is 13.8 Å². The molecule has 4 nitrogen and oxygen atoms in total. The Bertz CT molecular complexity index is 431. The molecular weight excluding hydrogens is 202 g/mol. The Morgan fingerprint density at radius 3 is 2.75 bits per heavy atom. The lowest BCUT2D eigenvalue weighted by Gasteiger charge is -2.23. The van der Waals surface area contributed by atoms with E-state index in [-0.39, 0.29) is 0 Å². The van der Waals surface area contributed by atoms with Crippen LogP contribution in [0.2, 0.25) is 0 Å². The molecule has 0 radical (unpaired) electrons. The number of nitrogens with two attached hydrogens (primary N) is 1. The van der Waals surface area contributed by atoms with Gasteiger partial charge in [0.2, 0.25) is 0 Å². The summed E-state index contributed by atoms with van der Waals surface area (Å²) in [5.74, 6) is 0. The summed E-state index contributed by atoms with van der Waals surface area (Å²) in [6.45, 7) is 5.55. The third kappa shape index (κ3) is 2.02. The SMILES string of the molecule is CC(C)N(CCN)c1nc2ccccc2o1. The van der Waals surface area contributed by atoms with Crippen molar-refractivity contribution in [1.82, 2.24) is 4.98 Å². The molecule has 86 valence electrons. The lowest BCUT2D eigenvalue weighted by molar-refractivity contribution is 0.539. The molecule has 16 heavy (non-hydrogen) atoms. The van der Waals surface area contributed by atoms with E-state index in [1.54, 1.807) is 0 Å². The second-order valence-corrected chi connectivity index (χ2v) is 4.04. The van der Waals surface area contributed by atoms with Crippen molar-refractivity contribution in [2.75, 3.05) is 18.0 Å². The molecule has 0 spiro atoms. The summed E-state index contributed by atoms with van der Waals surface area (Å²) in [6, 6.07) is 8.76. The number of nitrogens with zero attached hydrogens (tertiary/aromatic N) is 2. The lowest BCUT2D eigenvalue weighted by atomic mass is 10.3. The largest absolute Gasteiger partial charge is 0.423 e. The topological polar surface area (TPSA) is 55.3 Å². The van der Waals surface area contributed by atoms with Gasteiger partial charge in [0, 0.05) is 19.1 Å². The van der Waals surface area contributed by atoms with Crippen molar-refractivity contribution >= 4 is 17.1 Å². The molecule has 2 N–H and O–H groups in total. The van der Waals surface area contributed by atoms with Gasteiger partial charge in [-0.2, -0.15) is 4.98 Å². The summed E-state index contributed by atoms with van der Waals surface area (Å²) < 4.78 is 5.70. The molecule has 1 aromatic heterocycles. The minimum absolute atomic E-state index is 0.330. The maximum Gasteiger partial charge on any atom is 0.298 e. The van der Waals surface area contributed by atoms with E-state index in [1.165, 1.54) is 0 Å². The normalized spacial score (nSPS) is 11.2. The molecule has 0 unspecified atom stereocenters. The van der Waals surface area contributed by atoms with Crippen LogP contribution in [0.15, 0.2) is 28.7 Å². The van der Waals surface area contributed by atoms with Crippen molar-refractivity contribution in [3.63, 3.8) is 0 Å². The summed E-state index contributed by atoms with van der Waals surface area (Å²) in [6.07, 6.45) is 0. The molecule has 0 saturated heterocycles. The van der Waals surface area contributed by atoms with E-state index in [2.05, 4.69) is 23.7 Å². The van der Waals surface area contributed by atoms with Gasteiger partial charge in [-0.25, -0.2) is 0 Å². The first kappa shape index (κ1) is 11.0. The molecule has 0 amide bonds. The van der Waals surface area contributed by atoms with Gasteiger partial charge in [-0.15, -0.1) is 0 Å². The minimum Gasteiger partial charge on any atom is -0.423 e. The lowest BCUT2D eigenvalue weighted by Crippen LogP contribution is -2.35. The Balaban J connectivity index is 2.37. The fourth-order valence-corrected chi connectivity index (χ4v) is 1.70. The summed E-state index contributed by atoms with van der Waals surface area (Å²) in [4.78, 5) is 6.53. The number of fused-ring (bicyclic) bond motifs is 1. The second-order valence-electron chi connectivity index (χ2n) is 4.04. The smallest absolute Gasteiger partial charge is 0.298 e. The molecular formula is C12H17N3O. The van der Waals surface area contributed by atoms with E-state index >= 15 is 0 Å². The van der Waals surface area contributed by atoms with Crippen LogP contribution in [0.3, 0.4) is 0 Å². The monoisotopic (exact) mass is 219 g/mol. The van der Waals surface area contributed by atoms with E-state index in [0.29, 0.717) is 18.6 Å². The number of hydrogen-bond donors (Lipinski definition) is 1. The number of benzene rings is 1. The third-order valence-electron chi connectivity index (χ3n) is 2.52. The summed E-state index contributed by atoms with van der Waals surface area (Å²) in [7, 11) is 0. The van der Waals surface area contributed by atoms with Crippen LogP contribution >= 0.6 is 0 Å². The van der Waals surface area contributed by atoms with Crippen LogP contribution in [0, 0.1) is 0 Å². The summed E-state index contributed by atoms with van der Waals surface area (Å²) in [5, 5.41) is 0. The van der Waals surface area contributed by atoms with Gasteiger partial charge in [-0.3, -0.25) is 0 Å². The number of hydrogen-bond acceptors (Lipinski definition) is 4. The molecule has 0 saturated carbocycles. The Morgan fingerprint density at radius 2 is 2.12 bits per heavy atom. The number of aromatic nitrogens is 1. The van der Waals surface area contributed by atoms with Gasteiger partial charge < -0.3 is 15.1 Å². The number of rotatable bonds is 4. The van der Waals surface area contributed by atoms with Crippen LogP contribution in [0.25, 0.3) is 11.1 Å². The average molecular weight is 219 g/mol. The van der Waals surface area contributed by atoms with Gasteiger partial charge in [-0.05, 0) is 26.0 Å². The molecule has 1 heterocycles. The number of anilines is 1. The maximum atomic E-state index is 5.70. The highest BCUT2D eigenvalue weighted by Crippen LogP contribution is 2.22. The predicted octanol–water partition coefficient (Wildman–Crippen LogP) is 2.00. The van der Waals surface area contributed by atoms with Gasteiger partial charge in [0.05, 0.1) is 0 Å². The molecule has 2 rings (SSSR count). The zero-order valence-electron chi connectivity index (χ0n) is 9.68. The predicted molar refractivity (Wildman–Crippen MR) is 65.5 cm³/mol. The van der Waals surface area contributed by atoms with Gasteiger partial charge in [0.25, 0.3) is 6.01 Å². The highest BCUT2D eigenvalue weighted by atomic mass is 16.4. The van der Waals surface area contributed by atoms with E-state index in [4.69, 9.17) is 10.2 Å². The Labute approximate surface area is 95.1 Å². The quantitative estimate of drug-likeness (QED) is 0.854. The molecule has 0 aliphatic carbocycles. The Kier molecular flexibility index (Phi) is 3.10. The first-order valence-electron chi connectivity index (χ1n) is 5.54. The molecule has 4 heteroatoms. The number of oxazole rings is 1. The van der Waals surface area contributed by atoms with Gasteiger partial charge >= 0.3 is 0 Å². The van der Waals surface area contributed by atoms with Crippen LogP contribution in [0.4, 0.5) is 6.01 Å². The molecule has 0 aliphatic rings. The van der Waals surface area contributed by atoms with Crippen LogP contribution < -0.4 is 10.6 Å². The third-order valence-corrected chi connectivity index (χ3v) is 2.52. The minimum atomic E-state index is 0.330. The standard InChI is InChI=1S/C12H17N3O/c1-9(2)15(8-7-13)12-14-10-5-3-4-6-11(10)16-12/h3-6,9H,7-8,13H2,1-2H3. The first-order chi connectivity index (χ1) is 7.72. The molecule has 2 aromatic rings. The molecule has 0 aliphatic heterocycles. The zero-order valence-corrected chi connectivity index (χ0v) is 9.68. The van der Waals surface area contributed by atoms with Crippen LogP contribution in [0.5, 0.6) is 0 Å². The summed E-state index contributed by atoms with van der Waals surface area (Å²) >= 11 is 0. The van der Waals surface area contributed by atoms with E-state index in [0.717, 1.165) is 17.6 Å². The second kappa shape index (κ2) is 4.53. The highest BCUT2D eigenvalue weighted by molar-refractivity contribution is 5.74. The van der Waals surface area contributed by atoms with Crippen molar-refractivity contribution in [1.29, 1.82) is 0 Å². The number of para-hydroxylation sites is 2. The van der Waals surface area contributed by atoms with Crippen molar-refractivity contribution < 1.29 is 4.42 Å². The average Bonchev–Trinajstić information content (AvgIpc) is 2.68. The van der Waals surface area contributed by atoms with Crippen molar-refractivity contribution in [3.8, 4) is 0 Å². The molecule has 0 atom stereocenters. The first-order valence-corrected chi connectivity index (χ1v) is 5.54. The van der Waals surface area contributed by atoms with Crippen molar-refractivity contribution in [3.05, 3.63) is 24.3 Å². The molecule has 1 aromatic carbocycles. The van der Waals surface area contributed by atoms with Gasteiger partial charge in [-0.1, -0.05) is 12.1 Å².